The number of amides is 1. The molecule has 0 aliphatic rings. The molecule has 0 aliphatic carbocycles. The Morgan fingerprint density at radius 3 is 2.22 bits per heavy atom. The lowest BCUT2D eigenvalue weighted by atomic mass is 10.1. The van der Waals surface area contributed by atoms with Gasteiger partial charge in [-0.05, 0) is 38.0 Å². The fourth-order valence-electron chi connectivity index (χ4n) is 1.50. The van der Waals surface area contributed by atoms with E-state index in [0.29, 0.717) is 17.9 Å². The summed E-state index contributed by atoms with van der Waals surface area (Å²) in [5.74, 6) is -0.0611. The van der Waals surface area contributed by atoms with Crippen molar-refractivity contribution in [1.82, 2.24) is 5.32 Å². The lowest BCUT2D eigenvalue weighted by Gasteiger charge is -2.08. The van der Waals surface area contributed by atoms with Gasteiger partial charge in [-0.2, -0.15) is 0 Å². The molecule has 100 valence electrons. The molecule has 4 nitrogen and oxygen atoms in total. The predicted octanol–water partition coefficient (Wildman–Crippen LogP) is 1.55. The normalized spacial score (nSPS) is 11.6. The summed E-state index contributed by atoms with van der Waals surface area (Å²) in [6, 6.07) is 6.82. The number of benzene rings is 1. The molecule has 0 fully saturated rings. The largest absolute Gasteiger partial charge is 0.356 e. The Hall–Kier alpha value is -1.36. The summed E-state index contributed by atoms with van der Waals surface area (Å²) in [5, 5.41) is 2.29. The van der Waals surface area contributed by atoms with E-state index in [1.54, 1.807) is 38.1 Å². The van der Waals surface area contributed by atoms with Crippen LogP contribution in [0.15, 0.2) is 29.2 Å². The van der Waals surface area contributed by atoms with E-state index in [4.69, 9.17) is 0 Å². The number of carbonyl (C=O) groups excluding carboxylic acids is 1. The smallest absolute Gasteiger partial charge is 0.216 e. The van der Waals surface area contributed by atoms with Gasteiger partial charge in [0, 0.05) is 13.5 Å². The van der Waals surface area contributed by atoms with Gasteiger partial charge in [0.25, 0.3) is 0 Å². The highest BCUT2D eigenvalue weighted by molar-refractivity contribution is 7.92. The van der Waals surface area contributed by atoms with Crippen LogP contribution in [0, 0.1) is 0 Å². The lowest BCUT2D eigenvalue weighted by molar-refractivity contribution is -0.118. The molecule has 0 unspecified atom stereocenters. The zero-order valence-electron chi connectivity index (χ0n) is 10.9. The van der Waals surface area contributed by atoms with Crippen molar-refractivity contribution < 1.29 is 13.2 Å². The molecular formula is C13H19NO3S. The Kier molecular flexibility index (Phi) is 4.90. The zero-order chi connectivity index (χ0) is 13.8. The highest BCUT2D eigenvalue weighted by Crippen LogP contribution is 2.16. The quantitative estimate of drug-likeness (QED) is 0.882. The molecule has 0 aromatic heterocycles. The van der Waals surface area contributed by atoms with E-state index in [1.807, 2.05) is 0 Å². The Morgan fingerprint density at radius 2 is 1.78 bits per heavy atom. The molecule has 0 bridgehead atoms. The third kappa shape index (κ3) is 3.84. The van der Waals surface area contributed by atoms with Crippen molar-refractivity contribution in [3.8, 4) is 0 Å². The van der Waals surface area contributed by atoms with Gasteiger partial charge in [-0.1, -0.05) is 12.1 Å². The van der Waals surface area contributed by atoms with Crippen molar-refractivity contribution in [2.45, 2.75) is 37.3 Å². The molecule has 0 radical (unpaired) electrons. The number of hydrogen-bond acceptors (Lipinski definition) is 3. The summed E-state index contributed by atoms with van der Waals surface area (Å²) in [6.07, 6.45) is 0.696. The molecule has 1 aromatic carbocycles. The highest BCUT2D eigenvalue weighted by Gasteiger charge is 2.18. The SMILES string of the molecule is CC(=O)NCCc1ccc(S(=O)(=O)C(C)C)cc1. The van der Waals surface area contributed by atoms with E-state index >= 15 is 0 Å². The molecule has 0 heterocycles. The maximum absolute atomic E-state index is 11.9. The van der Waals surface area contributed by atoms with Crippen LogP contribution in [0.25, 0.3) is 0 Å². The summed E-state index contributed by atoms with van der Waals surface area (Å²) in [4.78, 5) is 11.1. The van der Waals surface area contributed by atoms with Crippen molar-refractivity contribution >= 4 is 15.7 Å². The van der Waals surface area contributed by atoms with Crippen LogP contribution >= 0.6 is 0 Å². The molecule has 0 saturated heterocycles. The van der Waals surface area contributed by atoms with Gasteiger partial charge in [-0.3, -0.25) is 4.79 Å². The fourth-order valence-corrected chi connectivity index (χ4v) is 2.56. The summed E-state index contributed by atoms with van der Waals surface area (Å²) in [5.41, 5.74) is 1.01. The highest BCUT2D eigenvalue weighted by atomic mass is 32.2. The summed E-state index contributed by atoms with van der Waals surface area (Å²) < 4.78 is 23.8. The van der Waals surface area contributed by atoms with Crippen LogP contribution in [0.5, 0.6) is 0 Å². The van der Waals surface area contributed by atoms with Crippen LogP contribution in [0.1, 0.15) is 26.3 Å². The Morgan fingerprint density at radius 1 is 1.22 bits per heavy atom. The van der Waals surface area contributed by atoms with Gasteiger partial charge in [-0.15, -0.1) is 0 Å². The third-order valence-electron chi connectivity index (χ3n) is 2.66. The van der Waals surface area contributed by atoms with E-state index < -0.39 is 15.1 Å². The van der Waals surface area contributed by atoms with Crippen LogP contribution in [-0.4, -0.2) is 26.1 Å². The van der Waals surface area contributed by atoms with Gasteiger partial charge in [-0.25, -0.2) is 8.42 Å². The first kappa shape index (κ1) is 14.7. The van der Waals surface area contributed by atoms with Crippen molar-refractivity contribution in [3.05, 3.63) is 29.8 Å². The Bertz CT molecular complexity index is 504. The van der Waals surface area contributed by atoms with E-state index in [-0.39, 0.29) is 5.91 Å². The predicted molar refractivity (Wildman–Crippen MR) is 71.2 cm³/mol. The van der Waals surface area contributed by atoms with Gasteiger partial charge in [0.1, 0.15) is 0 Å². The standard InChI is InChI=1S/C13H19NO3S/c1-10(2)18(16,17)13-6-4-12(5-7-13)8-9-14-11(3)15/h4-7,10H,8-9H2,1-3H3,(H,14,15). The van der Waals surface area contributed by atoms with Crippen LogP contribution < -0.4 is 5.32 Å². The first-order chi connectivity index (χ1) is 8.34. The number of hydrogen-bond donors (Lipinski definition) is 1. The number of rotatable bonds is 5. The van der Waals surface area contributed by atoms with Crippen LogP contribution in [0.2, 0.25) is 0 Å². The molecular weight excluding hydrogens is 250 g/mol. The maximum Gasteiger partial charge on any atom is 0.216 e. The van der Waals surface area contributed by atoms with E-state index in [9.17, 15) is 13.2 Å². The molecule has 0 spiro atoms. The zero-order valence-corrected chi connectivity index (χ0v) is 11.8. The Labute approximate surface area is 108 Å². The monoisotopic (exact) mass is 269 g/mol. The van der Waals surface area contributed by atoms with Gasteiger partial charge in [0.2, 0.25) is 5.91 Å². The van der Waals surface area contributed by atoms with E-state index in [2.05, 4.69) is 5.32 Å². The molecule has 18 heavy (non-hydrogen) atoms. The second-order valence-corrected chi connectivity index (χ2v) is 6.97. The molecule has 1 aromatic rings. The number of nitrogens with one attached hydrogen (secondary N) is 1. The van der Waals surface area contributed by atoms with Gasteiger partial charge in [0.05, 0.1) is 10.1 Å². The molecule has 0 saturated carbocycles. The summed E-state index contributed by atoms with van der Waals surface area (Å²) in [7, 11) is -3.20. The van der Waals surface area contributed by atoms with Gasteiger partial charge in [0.15, 0.2) is 9.84 Å². The van der Waals surface area contributed by atoms with Crippen molar-refractivity contribution in [3.63, 3.8) is 0 Å². The Balaban J connectivity index is 2.72. The number of sulfone groups is 1. The molecule has 0 atom stereocenters. The van der Waals surface area contributed by atoms with Gasteiger partial charge < -0.3 is 5.32 Å². The molecule has 1 rings (SSSR count). The summed E-state index contributed by atoms with van der Waals surface area (Å²) >= 11 is 0. The molecule has 1 N–H and O–H groups in total. The number of carbonyl (C=O) groups is 1. The minimum Gasteiger partial charge on any atom is -0.356 e. The van der Waals surface area contributed by atoms with Crippen molar-refractivity contribution in [2.75, 3.05) is 6.54 Å². The van der Waals surface area contributed by atoms with Crippen LogP contribution in [0.3, 0.4) is 0 Å². The minimum atomic E-state index is -3.20. The minimum absolute atomic E-state index is 0.0611. The second kappa shape index (κ2) is 6.00. The average molecular weight is 269 g/mol. The van der Waals surface area contributed by atoms with E-state index in [1.165, 1.54) is 6.92 Å². The third-order valence-corrected chi connectivity index (χ3v) is 4.83. The molecule has 0 aliphatic heterocycles. The first-order valence-electron chi connectivity index (χ1n) is 5.91. The van der Waals surface area contributed by atoms with Crippen molar-refractivity contribution in [1.29, 1.82) is 0 Å². The van der Waals surface area contributed by atoms with Crippen LogP contribution in [0.4, 0.5) is 0 Å². The maximum atomic E-state index is 11.9. The molecule has 5 heteroatoms. The first-order valence-corrected chi connectivity index (χ1v) is 7.46. The fraction of sp³-hybridized carbons (Fsp3) is 0.462. The van der Waals surface area contributed by atoms with Gasteiger partial charge >= 0.3 is 0 Å². The van der Waals surface area contributed by atoms with Crippen LogP contribution in [-0.2, 0) is 21.1 Å². The lowest BCUT2D eigenvalue weighted by Crippen LogP contribution is -2.22. The molecule has 1 amide bonds. The average Bonchev–Trinajstić information content (AvgIpc) is 2.29. The second-order valence-electron chi connectivity index (χ2n) is 4.47. The topological polar surface area (TPSA) is 63.2 Å². The van der Waals surface area contributed by atoms with Crippen molar-refractivity contribution in [2.24, 2.45) is 0 Å². The summed E-state index contributed by atoms with van der Waals surface area (Å²) in [6.45, 7) is 5.37. The van der Waals surface area contributed by atoms with E-state index in [0.717, 1.165) is 5.56 Å².